The molecule has 0 aromatic heterocycles. The fourth-order valence-electron chi connectivity index (χ4n) is 3.15. The Balaban J connectivity index is 1.31. The third-order valence-electron chi connectivity index (χ3n) is 5.10. The number of carbonyl (C=O) groups is 3. The molecule has 4 rings (SSSR count). The second-order valence-corrected chi connectivity index (χ2v) is 9.28. The zero-order valence-corrected chi connectivity index (χ0v) is 17.4. The lowest BCUT2D eigenvalue weighted by atomic mass is 10.1. The molecule has 2 fully saturated rings. The summed E-state index contributed by atoms with van der Waals surface area (Å²) in [7, 11) is -3.52. The first-order chi connectivity index (χ1) is 14.8. The van der Waals surface area contributed by atoms with E-state index in [0.717, 1.165) is 18.4 Å². The van der Waals surface area contributed by atoms with E-state index in [-0.39, 0.29) is 48.0 Å². The summed E-state index contributed by atoms with van der Waals surface area (Å²) in [5, 5.41) is 0. The van der Waals surface area contributed by atoms with Crippen molar-refractivity contribution < 1.29 is 22.8 Å². The minimum atomic E-state index is -3.52. The molecule has 3 amide bonds. The van der Waals surface area contributed by atoms with Gasteiger partial charge in [0.05, 0.1) is 17.1 Å². The number of likely N-dealkylation sites (tertiary alicyclic amines) is 1. The van der Waals surface area contributed by atoms with Crippen LogP contribution in [0, 0.1) is 0 Å². The van der Waals surface area contributed by atoms with Crippen LogP contribution in [0.2, 0.25) is 0 Å². The van der Waals surface area contributed by atoms with Crippen molar-refractivity contribution >= 4 is 33.4 Å². The maximum atomic E-state index is 12.3. The van der Waals surface area contributed by atoms with E-state index in [2.05, 4.69) is 15.6 Å². The predicted molar refractivity (Wildman–Crippen MR) is 112 cm³/mol. The molecule has 0 atom stereocenters. The van der Waals surface area contributed by atoms with E-state index < -0.39 is 10.0 Å². The molecule has 10 heteroatoms. The SMILES string of the molecule is O=C(NNc1ccc(S(=O)(=O)NC2CC2)cc1)c1ccc(CN2C(=O)CCC2=O)cc1. The van der Waals surface area contributed by atoms with Gasteiger partial charge in [-0.15, -0.1) is 0 Å². The number of sulfonamides is 1. The topological polar surface area (TPSA) is 125 Å². The van der Waals surface area contributed by atoms with Gasteiger partial charge in [-0.1, -0.05) is 12.1 Å². The van der Waals surface area contributed by atoms with E-state index in [0.29, 0.717) is 11.3 Å². The number of carbonyl (C=O) groups excluding carboxylic acids is 3. The van der Waals surface area contributed by atoms with Gasteiger partial charge in [-0.2, -0.15) is 0 Å². The Morgan fingerprint density at radius 3 is 2.13 bits per heavy atom. The molecule has 3 N–H and O–H groups in total. The Kier molecular flexibility index (Phi) is 5.75. The Bertz CT molecular complexity index is 1090. The molecular weight excluding hydrogens is 420 g/mol. The normalized spacial score (nSPS) is 16.5. The zero-order valence-electron chi connectivity index (χ0n) is 16.6. The number of nitrogens with one attached hydrogen (secondary N) is 3. The molecule has 0 unspecified atom stereocenters. The van der Waals surface area contributed by atoms with Gasteiger partial charge in [0.15, 0.2) is 0 Å². The van der Waals surface area contributed by atoms with Crippen LogP contribution < -0.4 is 15.6 Å². The van der Waals surface area contributed by atoms with E-state index in [1.807, 2.05) is 0 Å². The molecule has 0 spiro atoms. The fraction of sp³-hybridized carbons (Fsp3) is 0.286. The molecule has 1 heterocycles. The van der Waals surface area contributed by atoms with E-state index in [1.165, 1.54) is 17.0 Å². The lowest BCUT2D eigenvalue weighted by molar-refractivity contribution is -0.139. The second kappa shape index (κ2) is 8.48. The predicted octanol–water partition coefficient (Wildman–Crippen LogP) is 1.53. The van der Waals surface area contributed by atoms with Crippen LogP contribution in [0.3, 0.4) is 0 Å². The Labute approximate surface area is 179 Å². The highest BCUT2D eigenvalue weighted by atomic mass is 32.2. The van der Waals surface area contributed by atoms with Crippen molar-refractivity contribution in [3.63, 3.8) is 0 Å². The van der Waals surface area contributed by atoms with Crippen LogP contribution in [-0.4, -0.2) is 37.1 Å². The van der Waals surface area contributed by atoms with Crippen LogP contribution in [0.15, 0.2) is 53.4 Å². The highest BCUT2D eigenvalue weighted by Crippen LogP contribution is 2.22. The third-order valence-corrected chi connectivity index (χ3v) is 6.63. The molecule has 2 aromatic rings. The summed E-state index contributed by atoms with van der Waals surface area (Å²) in [5.41, 5.74) is 6.97. The van der Waals surface area contributed by atoms with Crippen molar-refractivity contribution in [3.05, 3.63) is 59.7 Å². The number of hydrogen-bond acceptors (Lipinski definition) is 6. The van der Waals surface area contributed by atoms with Crippen molar-refractivity contribution in [2.75, 3.05) is 5.43 Å². The van der Waals surface area contributed by atoms with Crippen LogP contribution in [0.5, 0.6) is 0 Å². The summed E-state index contributed by atoms with van der Waals surface area (Å²) in [6, 6.07) is 12.7. The molecule has 0 radical (unpaired) electrons. The fourth-order valence-corrected chi connectivity index (χ4v) is 4.46. The van der Waals surface area contributed by atoms with E-state index in [4.69, 9.17) is 0 Å². The van der Waals surface area contributed by atoms with Crippen LogP contribution in [0.4, 0.5) is 5.69 Å². The van der Waals surface area contributed by atoms with Gasteiger partial charge in [0, 0.05) is 24.4 Å². The third kappa shape index (κ3) is 5.09. The average Bonchev–Trinajstić information content (AvgIpc) is 3.52. The van der Waals surface area contributed by atoms with Gasteiger partial charge < -0.3 is 0 Å². The maximum absolute atomic E-state index is 12.3. The van der Waals surface area contributed by atoms with Gasteiger partial charge in [-0.3, -0.25) is 30.1 Å². The highest BCUT2D eigenvalue weighted by molar-refractivity contribution is 7.89. The molecule has 0 bridgehead atoms. The van der Waals surface area contributed by atoms with Gasteiger partial charge >= 0.3 is 0 Å². The van der Waals surface area contributed by atoms with E-state index >= 15 is 0 Å². The zero-order chi connectivity index (χ0) is 22.0. The van der Waals surface area contributed by atoms with Crippen molar-refractivity contribution in [1.29, 1.82) is 0 Å². The molecule has 162 valence electrons. The number of rotatable bonds is 8. The number of benzene rings is 2. The minimum absolute atomic E-state index is 0.0322. The van der Waals surface area contributed by atoms with E-state index in [9.17, 15) is 22.8 Å². The van der Waals surface area contributed by atoms with Gasteiger partial charge in [0.2, 0.25) is 21.8 Å². The van der Waals surface area contributed by atoms with E-state index in [1.54, 1.807) is 36.4 Å². The molecule has 2 aromatic carbocycles. The van der Waals surface area contributed by atoms with Crippen molar-refractivity contribution in [2.24, 2.45) is 0 Å². The molecular formula is C21H22N4O5S. The maximum Gasteiger partial charge on any atom is 0.269 e. The quantitative estimate of drug-likeness (QED) is 0.421. The standard InChI is InChI=1S/C21H22N4O5S/c26-19-11-12-20(27)25(19)13-14-1-3-15(4-2-14)21(28)23-22-16-7-9-18(10-8-16)31(29,30)24-17-5-6-17/h1-4,7-10,17,22,24H,5-6,11-13H2,(H,23,28). The molecule has 1 aliphatic heterocycles. The molecule has 31 heavy (non-hydrogen) atoms. The summed E-state index contributed by atoms with van der Waals surface area (Å²) in [6.07, 6.45) is 2.21. The highest BCUT2D eigenvalue weighted by Gasteiger charge is 2.29. The van der Waals surface area contributed by atoms with Gasteiger partial charge in [0.1, 0.15) is 0 Å². The summed E-state index contributed by atoms with van der Waals surface area (Å²) in [4.78, 5) is 37.1. The first-order valence-corrected chi connectivity index (χ1v) is 11.4. The van der Waals surface area contributed by atoms with Crippen molar-refractivity contribution in [3.8, 4) is 0 Å². The first-order valence-electron chi connectivity index (χ1n) is 9.93. The number of anilines is 1. The summed E-state index contributed by atoms with van der Waals surface area (Å²) >= 11 is 0. The number of nitrogens with zero attached hydrogens (tertiary/aromatic N) is 1. The van der Waals surface area contributed by atoms with Crippen LogP contribution in [-0.2, 0) is 26.2 Å². The van der Waals surface area contributed by atoms with Gasteiger partial charge in [0.25, 0.3) is 5.91 Å². The van der Waals surface area contributed by atoms with Crippen LogP contribution in [0.1, 0.15) is 41.6 Å². The van der Waals surface area contributed by atoms with Crippen molar-refractivity contribution in [2.45, 2.75) is 43.2 Å². The van der Waals surface area contributed by atoms with Gasteiger partial charge in [-0.05, 0) is 54.8 Å². The first kappa shape index (κ1) is 21.0. The molecule has 9 nitrogen and oxygen atoms in total. The van der Waals surface area contributed by atoms with Crippen LogP contribution >= 0.6 is 0 Å². The average molecular weight is 442 g/mol. The molecule has 1 saturated heterocycles. The molecule has 1 saturated carbocycles. The van der Waals surface area contributed by atoms with Gasteiger partial charge in [-0.25, -0.2) is 13.1 Å². The summed E-state index contributed by atoms with van der Waals surface area (Å²) < 4.78 is 27.0. The smallest absolute Gasteiger partial charge is 0.269 e. The number of amides is 3. The monoisotopic (exact) mass is 442 g/mol. The lowest BCUT2D eigenvalue weighted by Crippen LogP contribution is -2.30. The molecule has 1 aliphatic carbocycles. The van der Waals surface area contributed by atoms with Crippen LogP contribution in [0.25, 0.3) is 0 Å². The lowest BCUT2D eigenvalue weighted by Gasteiger charge is -2.14. The Hall–Kier alpha value is -3.24. The Morgan fingerprint density at radius 1 is 0.935 bits per heavy atom. The van der Waals surface area contributed by atoms with Crippen molar-refractivity contribution in [1.82, 2.24) is 15.0 Å². The number of hydrazine groups is 1. The largest absolute Gasteiger partial charge is 0.298 e. The Morgan fingerprint density at radius 2 is 1.55 bits per heavy atom. The molecule has 2 aliphatic rings. The summed E-state index contributed by atoms with van der Waals surface area (Å²) in [5.74, 6) is -0.747. The second-order valence-electron chi connectivity index (χ2n) is 7.57. The number of imide groups is 1. The minimum Gasteiger partial charge on any atom is -0.298 e. The summed E-state index contributed by atoms with van der Waals surface area (Å²) in [6.45, 7) is 0.197. The number of hydrogen-bond donors (Lipinski definition) is 3.